The Kier molecular flexibility index (Phi) is 15.3. The maximum atomic E-state index is 10.5. The van der Waals surface area contributed by atoms with Crippen LogP contribution in [0.1, 0.15) is 39.0 Å². The van der Waals surface area contributed by atoms with Crippen LogP contribution in [-0.2, 0) is 4.79 Å². The highest BCUT2D eigenvalue weighted by molar-refractivity contribution is 8.16. The van der Waals surface area contributed by atoms with Gasteiger partial charge >= 0.3 is 0 Å². The number of allylic oxidation sites excluding steroid dienone is 1. The number of nitrogens with two attached hydrogens (primary N) is 1. The van der Waals surface area contributed by atoms with Gasteiger partial charge in [-0.1, -0.05) is 30.7 Å². The topological polar surface area (TPSA) is 43.1 Å². The lowest BCUT2D eigenvalue weighted by Crippen LogP contribution is -1.97. The third-order valence-electron chi connectivity index (χ3n) is 1.66. The standard InChI is InChI=1S/C10H19NOS.ClH/c1-10(12)13-9-7-5-3-2-4-6-8-11;/h7,9H,2-6,8,11H2,1H3;1H. The van der Waals surface area contributed by atoms with Crippen molar-refractivity contribution in [2.75, 3.05) is 6.54 Å². The predicted molar refractivity (Wildman–Crippen MR) is 66.8 cm³/mol. The highest BCUT2D eigenvalue weighted by Gasteiger charge is 1.88. The molecule has 0 rings (SSSR count). The van der Waals surface area contributed by atoms with E-state index in [9.17, 15) is 4.79 Å². The van der Waals surface area contributed by atoms with Gasteiger partial charge < -0.3 is 5.73 Å². The number of carbonyl (C=O) groups excluding carboxylic acids is 1. The summed E-state index contributed by atoms with van der Waals surface area (Å²) in [5, 5.41) is 2.03. The molecule has 0 aromatic rings. The zero-order valence-corrected chi connectivity index (χ0v) is 10.3. The van der Waals surface area contributed by atoms with Crippen molar-refractivity contribution in [3.63, 3.8) is 0 Å². The Labute approximate surface area is 97.1 Å². The summed E-state index contributed by atoms with van der Waals surface area (Å²) in [7, 11) is 0. The quantitative estimate of drug-likeness (QED) is 0.692. The lowest BCUT2D eigenvalue weighted by molar-refractivity contribution is -0.109. The normalized spacial score (nSPS) is 10.1. The van der Waals surface area contributed by atoms with Crippen molar-refractivity contribution >= 4 is 29.3 Å². The van der Waals surface area contributed by atoms with Gasteiger partial charge in [0.05, 0.1) is 0 Å². The fraction of sp³-hybridized carbons (Fsp3) is 0.700. The van der Waals surface area contributed by atoms with E-state index in [1.54, 1.807) is 6.92 Å². The van der Waals surface area contributed by atoms with E-state index in [1.807, 2.05) is 5.41 Å². The van der Waals surface area contributed by atoms with Crippen LogP contribution in [0.4, 0.5) is 0 Å². The first-order valence-corrected chi connectivity index (χ1v) is 5.67. The second-order valence-electron chi connectivity index (χ2n) is 2.97. The van der Waals surface area contributed by atoms with Gasteiger partial charge in [-0.15, -0.1) is 12.4 Å². The fourth-order valence-corrected chi connectivity index (χ4v) is 1.40. The molecule has 0 aliphatic rings. The molecule has 2 nitrogen and oxygen atoms in total. The number of rotatable bonds is 7. The van der Waals surface area contributed by atoms with Crippen LogP contribution in [0.25, 0.3) is 0 Å². The summed E-state index contributed by atoms with van der Waals surface area (Å²) in [5.74, 6) is 0. The molecule has 14 heavy (non-hydrogen) atoms. The van der Waals surface area contributed by atoms with Crippen LogP contribution in [0.3, 0.4) is 0 Å². The van der Waals surface area contributed by atoms with E-state index in [-0.39, 0.29) is 17.5 Å². The molecule has 0 aromatic carbocycles. The molecule has 0 atom stereocenters. The molecule has 0 amide bonds. The van der Waals surface area contributed by atoms with Crippen molar-refractivity contribution in [1.29, 1.82) is 0 Å². The molecule has 4 heteroatoms. The zero-order chi connectivity index (χ0) is 9.94. The Morgan fingerprint density at radius 3 is 2.50 bits per heavy atom. The molecular formula is C10H20ClNOS. The number of hydrogen-bond donors (Lipinski definition) is 1. The number of halogens is 1. The van der Waals surface area contributed by atoms with Crippen LogP contribution in [0.15, 0.2) is 11.5 Å². The summed E-state index contributed by atoms with van der Waals surface area (Å²) in [6.45, 7) is 2.38. The fourth-order valence-electron chi connectivity index (χ4n) is 0.972. The number of unbranched alkanes of at least 4 members (excludes halogenated alkanes) is 4. The van der Waals surface area contributed by atoms with Gasteiger partial charge in [0, 0.05) is 6.92 Å². The first-order valence-electron chi connectivity index (χ1n) is 4.79. The van der Waals surface area contributed by atoms with E-state index in [0.29, 0.717) is 0 Å². The van der Waals surface area contributed by atoms with Crippen molar-refractivity contribution in [2.24, 2.45) is 5.73 Å². The summed E-state index contributed by atoms with van der Waals surface area (Å²) in [6.07, 6.45) is 7.94. The molecule has 0 bridgehead atoms. The van der Waals surface area contributed by atoms with Gasteiger partial charge in [0.1, 0.15) is 0 Å². The van der Waals surface area contributed by atoms with E-state index < -0.39 is 0 Å². The molecule has 0 aromatic heterocycles. The Hall–Kier alpha value is 0.01000. The molecular weight excluding hydrogens is 218 g/mol. The summed E-state index contributed by atoms with van der Waals surface area (Å²) < 4.78 is 0. The average molecular weight is 238 g/mol. The Morgan fingerprint density at radius 2 is 1.93 bits per heavy atom. The largest absolute Gasteiger partial charge is 0.330 e. The number of thioether (sulfide) groups is 1. The van der Waals surface area contributed by atoms with Crippen LogP contribution < -0.4 is 5.73 Å². The van der Waals surface area contributed by atoms with Crippen LogP contribution in [-0.4, -0.2) is 11.7 Å². The number of hydrogen-bond acceptors (Lipinski definition) is 3. The molecule has 0 heterocycles. The molecule has 0 saturated carbocycles. The Bertz CT molecular complexity index is 162. The average Bonchev–Trinajstić information content (AvgIpc) is 2.09. The number of carbonyl (C=O) groups is 1. The van der Waals surface area contributed by atoms with E-state index >= 15 is 0 Å². The molecule has 0 fully saturated rings. The molecule has 0 radical (unpaired) electrons. The van der Waals surface area contributed by atoms with Crippen molar-refractivity contribution in [3.05, 3.63) is 11.5 Å². The zero-order valence-electron chi connectivity index (χ0n) is 8.70. The van der Waals surface area contributed by atoms with Crippen molar-refractivity contribution in [3.8, 4) is 0 Å². The summed E-state index contributed by atoms with van der Waals surface area (Å²) in [4.78, 5) is 10.5. The molecule has 0 unspecified atom stereocenters. The second-order valence-corrected chi connectivity index (χ2v) is 4.06. The van der Waals surface area contributed by atoms with Gasteiger partial charge in [-0.2, -0.15) is 0 Å². The summed E-state index contributed by atoms with van der Waals surface area (Å²) in [6, 6.07) is 0. The van der Waals surface area contributed by atoms with Crippen LogP contribution in [0, 0.1) is 0 Å². The SMILES string of the molecule is CC(=O)SC=CCCCCCCN.Cl. The highest BCUT2D eigenvalue weighted by atomic mass is 35.5. The molecule has 0 aliphatic heterocycles. The molecule has 0 saturated heterocycles. The van der Waals surface area contributed by atoms with E-state index in [2.05, 4.69) is 6.08 Å². The third-order valence-corrected chi connectivity index (χ3v) is 2.32. The highest BCUT2D eigenvalue weighted by Crippen LogP contribution is 2.07. The second kappa shape index (κ2) is 13.0. The van der Waals surface area contributed by atoms with Crippen molar-refractivity contribution in [2.45, 2.75) is 39.0 Å². The molecule has 0 spiro atoms. The van der Waals surface area contributed by atoms with Crippen LogP contribution in [0.5, 0.6) is 0 Å². The monoisotopic (exact) mass is 237 g/mol. The van der Waals surface area contributed by atoms with Gasteiger partial charge in [0.15, 0.2) is 5.12 Å². The Morgan fingerprint density at radius 1 is 1.29 bits per heavy atom. The van der Waals surface area contributed by atoms with E-state index in [4.69, 9.17) is 5.73 Å². The summed E-state index contributed by atoms with van der Waals surface area (Å²) in [5.41, 5.74) is 5.37. The third kappa shape index (κ3) is 14.5. The lowest BCUT2D eigenvalue weighted by Gasteiger charge is -1.95. The molecule has 2 N–H and O–H groups in total. The first kappa shape index (κ1) is 16.4. The van der Waals surface area contributed by atoms with E-state index in [1.165, 1.54) is 31.0 Å². The van der Waals surface area contributed by atoms with Gasteiger partial charge in [0.2, 0.25) is 0 Å². The Balaban J connectivity index is 0. The van der Waals surface area contributed by atoms with Gasteiger partial charge in [-0.25, -0.2) is 0 Å². The van der Waals surface area contributed by atoms with Gasteiger partial charge in [-0.05, 0) is 31.2 Å². The van der Waals surface area contributed by atoms with Gasteiger partial charge in [0.25, 0.3) is 0 Å². The minimum absolute atomic E-state index is 0. The minimum atomic E-state index is 0. The van der Waals surface area contributed by atoms with Crippen molar-refractivity contribution in [1.82, 2.24) is 0 Å². The maximum Gasteiger partial charge on any atom is 0.190 e. The van der Waals surface area contributed by atoms with E-state index in [0.717, 1.165) is 19.4 Å². The molecule has 84 valence electrons. The van der Waals surface area contributed by atoms with Crippen LogP contribution >= 0.6 is 24.2 Å². The van der Waals surface area contributed by atoms with Crippen LogP contribution in [0.2, 0.25) is 0 Å². The molecule has 0 aliphatic carbocycles. The van der Waals surface area contributed by atoms with Gasteiger partial charge in [-0.3, -0.25) is 4.79 Å². The summed E-state index contributed by atoms with van der Waals surface area (Å²) >= 11 is 1.26. The minimum Gasteiger partial charge on any atom is -0.330 e. The first-order chi connectivity index (χ1) is 6.27. The smallest absolute Gasteiger partial charge is 0.190 e. The van der Waals surface area contributed by atoms with Crippen molar-refractivity contribution < 1.29 is 4.79 Å². The predicted octanol–water partition coefficient (Wildman–Crippen LogP) is 3.11. The maximum absolute atomic E-state index is 10.5. The lowest BCUT2D eigenvalue weighted by atomic mass is 10.1.